The van der Waals surface area contributed by atoms with Gasteiger partial charge >= 0.3 is 0 Å². The maximum Gasteiger partial charge on any atom is 0.257 e. The first kappa shape index (κ1) is 22.0. The number of fused-ring (bicyclic) bond motifs is 1. The summed E-state index contributed by atoms with van der Waals surface area (Å²) in [6, 6.07) is 15.6. The molecule has 1 amide bonds. The number of carbonyl (C=O) groups is 1. The van der Waals surface area contributed by atoms with Crippen LogP contribution in [0.1, 0.15) is 27.3 Å². The Labute approximate surface area is 197 Å². The van der Waals surface area contributed by atoms with Gasteiger partial charge in [0.05, 0.1) is 18.8 Å². The first-order chi connectivity index (χ1) is 16.7. The highest BCUT2D eigenvalue weighted by Crippen LogP contribution is 2.25. The molecule has 1 aliphatic rings. The van der Waals surface area contributed by atoms with Crippen LogP contribution in [0.3, 0.4) is 0 Å². The summed E-state index contributed by atoms with van der Waals surface area (Å²) < 4.78 is 16.5. The normalized spacial score (nSPS) is 16.4. The Morgan fingerprint density at radius 2 is 2.06 bits per heavy atom. The van der Waals surface area contributed by atoms with Gasteiger partial charge in [-0.05, 0) is 42.5 Å². The van der Waals surface area contributed by atoms with Crippen LogP contribution in [0.25, 0.3) is 10.8 Å². The monoisotopic (exact) mass is 458 g/mol. The largest absolute Gasteiger partial charge is 0.486 e. The number of hydrogen-bond donors (Lipinski definition) is 0. The van der Waals surface area contributed by atoms with Crippen molar-refractivity contribution in [1.82, 2.24) is 20.2 Å². The van der Waals surface area contributed by atoms with Crippen molar-refractivity contribution in [3.8, 4) is 5.75 Å². The summed E-state index contributed by atoms with van der Waals surface area (Å²) >= 11 is 0. The second-order valence-corrected chi connectivity index (χ2v) is 8.49. The lowest BCUT2D eigenvalue weighted by Gasteiger charge is -2.25. The van der Waals surface area contributed by atoms with Crippen LogP contribution in [0.5, 0.6) is 5.75 Å². The van der Waals surface area contributed by atoms with Crippen molar-refractivity contribution in [1.29, 1.82) is 0 Å². The summed E-state index contributed by atoms with van der Waals surface area (Å²) in [5, 5.41) is 9.93. The fourth-order valence-electron chi connectivity index (χ4n) is 4.33. The molecular weight excluding hydrogens is 432 g/mol. The standard InChI is InChI=1S/C26H26N4O4/c1-18-24(29-34-28-18)17-33-25-8-3-2-7-23(25)26(31)30-11-12-32-16-19(15-30)13-20-5-4-6-21-14-27-10-9-22(20)21/h2-10,14,19H,11-13,15-17H2,1H3/t19-/m1/s1. The minimum Gasteiger partial charge on any atom is -0.486 e. The number of pyridine rings is 1. The lowest BCUT2D eigenvalue weighted by atomic mass is 9.95. The zero-order valence-corrected chi connectivity index (χ0v) is 19.0. The number of aromatic nitrogens is 3. The molecule has 1 fully saturated rings. The van der Waals surface area contributed by atoms with Crippen LogP contribution >= 0.6 is 0 Å². The summed E-state index contributed by atoms with van der Waals surface area (Å²) in [7, 11) is 0. The van der Waals surface area contributed by atoms with E-state index in [4.69, 9.17) is 14.1 Å². The summed E-state index contributed by atoms with van der Waals surface area (Å²) in [6.07, 6.45) is 4.52. The van der Waals surface area contributed by atoms with Gasteiger partial charge in [0.25, 0.3) is 5.91 Å². The molecule has 0 unspecified atom stereocenters. The van der Waals surface area contributed by atoms with Crippen molar-refractivity contribution in [2.75, 3.05) is 26.3 Å². The van der Waals surface area contributed by atoms with E-state index in [-0.39, 0.29) is 18.4 Å². The number of aryl methyl sites for hydroxylation is 1. The summed E-state index contributed by atoms with van der Waals surface area (Å²) in [5.74, 6) is 0.628. The lowest BCUT2D eigenvalue weighted by Crippen LogP contribution is -2.36. The Morgan fingerprint density at radius 3 is 2.94 bits per heavy atom. The molecule has 0 N–H and O–H groups in total. The van der Waals surface area contributed by atoms with E-state index in [2.05, 4.69) is 33.5 Å². The number of amides is 1. The second-order valence-electron chi connectivity index (χ2n) is 8.49. The molecule has 0 bridgehead atoms. The van der Waals surface area contributed by atoms with E-state index >= 15 is 0 Å². The average molecular weight is 459 g/mol. The Hall–Kier alpha value is -3.78. The number of carbonyl (C=O) groups excluding carboxylic acids is 1. The number of para-hydroxylation sites is 1. The fraction of sp³-hybridized carbons (Fsp3) is 0.308. The molecule has 4 aromatic rings. The van der Waals surface area contributed by atoms with Crippen molar-refractivity contribution >= 4 is 16.7 Å². The minimum atomic E-state index is -0.0665. The Kier molecular flexibility index (Phi) is 6.49. The smallest absolute Gasteiger partial charge is 0.257 e. The molecule has 34 heavy (non-hydrogen) atoms. The fourth-order valence-corrected chi connectivity index (χ4v) is 4.33. The third-order valence-electron chi connectivity index (χ3n) is 6.13. The second kappa shape index (κ2) is 10.0. The molecule has 5 rings (SSSR count). The molecule has 2 aromatic carbocycles. The molecular formula is C26H26N4O4. The Balaban J connectivity index is 1.32. The van der Waals surface area contributed by atoms with E-state index < -0.39 is 0 Å². The van der Waals surface area contributed by atoms with Gasteiger partial charge in [-0.3, -0.25) is 9.78 Å². The quantitative estimate of drug-likeness (QED) is 0.434. The molecule has 0 spiro atoms. The molecule has 0 aliphatic carbocycles. The molecule has 2 aromatic heterocycles. The topological polar surface area (TPSA) is 90.6 Å². The van der Waals surface area contributed by atoms with Crippen LogP contribution < -0.4 is 4.74 Å². The van der Waals surface area contributed by atoms with Gasteiger partial charge in [-0.2, -0.15) is 0 Å². The summed E-state index contributed by atoms with van der Waals surface area (Å²) in [6.45, 7) is 4.25. The Morgan fingerprint density at radius 1 is 1.15 bits per heavy atom. The molecule has 1 saturated heterocycles. The molecule has 1 atom stereocenters. The van der Waals surface area contributed by atoms with Crippen molar-refractivity contribution in [2.45, 2.75) is 20.0 Å². The Bertz CT molecular complexity index is 1280. The van der Waals surface area contributed by atoms with E-state index in [9.17, 15) is 4.79 Å². The van der Waals surface area contributed by atoms with Crippen LogP contribution in [0.2, 0.25) is 0 Å². The molecule has 8 heteroatoms. The lowest BCUT2D eigenvalue weighted by molar-refractivity contribution is 0.0732. The van der Waals surface area contributed by atoms with E-state index in [1.54, 1.807) is 19.1 Å². The number of ether oxygens (including phenoxy) is 2. The number of benzene rings is 2. The maximum atomic E-state index is 13.5. The van der Waals surface area contributed by atoms with Gasteiger partial charge in [-0.25, -0.2) is 4.63 Å². The van der Waals surface area contributed by atoms with E-state index in [1.807, 2.05) is 35.5 Å². The number of nitrogens with zero attached hydrogens (tertiary/aromatic N) is 4. The van der Waals surface area contributed by atoms with Crippen LogP contribution in [-0.2, 0) is 17.8 Å². The first-order valence-corrected chi connectivity index (χ1v) is 11.4. The highest BCUT2D eigenvalue weighted by molar-refractivity contribution is 5.97. The highest BCUT2D eigenvalue weighted by atomic mass is 16.6. The molecule has 3 heterocycles. The van der Waals surface area contributed by atoms with Gasteiger partial charge in [-0.15, -0.1) is 0 Å². The number of rotatable bonds is 6. The van der Waals surface area contributed by atoms with Gasteiger partial charge in [0.2, 0.25) is 0 Å². The third kappa shape index (κ3) is 4.77. The van der Waals surface area contributed by atoms with Gasteiger partial charge in [0, 0.05) is 36.8 Å². The van der Waals surface area contributed by atoms with Crippen molar-refractivity contribution < 1.29 is 18.9 Å². The number of hydrogen-bond acceptors (Lipinski definition) is 7. The predicted octanol–water partition coefficient (Wildman–Crippen LogP) is 3.84. The van der Waals surface area contributed by atoms with Crippen LogP contribution in [0.15, 0.2) is 65.6 Å². The third-order valence-corrected chi connectivity index (χ3v) is 6.13. The zero-order valence-electron chi connectivity index (χ0n) is 19.0. The van der Waals surface area contributed by atoms with E-state index in [0.29, 0.717) is 49.0 Å². The SMILES string of the molecule is Cc1nonc1COc1ccccc1C(=O)N1CCOC[C@H](Cc2cccc3cnccc23)C1. The maximum absolute atomic E-state index is 13.5. The van der Waals surface area contributed by atoms with E-state index in [1.165, 1.54) is 10.9 Å². The van der Waals surface area contributed by atoms with Crippen molar-refractivity contribution in [2.24, 2.45) is 5.92 Å². The molecule has 8 nitrogen and oxygen atoms in total. The molecule has 0 saturated carbocycles. The summed E-state index contributed by atoms with van der Waals surface area (Å²) in [4.78, 5) is 19.6. The summed E-state index contributed by atoms with van der Waals surface area (Å²) in [5.41, 5.74) is 3.04. The van der Waals surface area contributed by atoms with Crippen molar-refractivity contribution in [3.63, 3.8) is 0 Å². The van der Waals surface area contributed by atoms with Crippen LogP contribution in [-0.4, -0.2) is 52.4 Å². The van der Waals surface area contributed by atoms with Gasteiger partial charge in [-0.1, -0.05) is 40.6 Å². The van der Waals surface area contributed by atoms with Gasteiger partial charge in [0.1, 0.15) is 23.7 Å². The molecule has 0 radical (unpaired) electrons. The van der Waals surface area contributed by atoms with Crippen molar-refractivity contribution in [3.05, 3.63) is 83.4 Å². The van der Waals surface area contributed by atoms with Crippen LogP contribution in [0.4, 0.5) is 0 Å². The highest BCUT2D eigenvalue weighted by Gasteiger charge is 2.26. The van der Waals surface area contributed by atoms with Gasteiger partial charge < -0.3 is 14.4 Å². The zero-order chi connectivity index (χ0) is 23.3. The minimum absolute atomic E-state index is 0.0665. The average Bonchev–Trinajstić information content (AvgIpc) is 3.14. The predicted molar refractivity (Wildman–Crippen MR) is 125 cm³/mol. The molecule has 174 valence electrons. The first-order valence-electron chi connectivity index (χ1n) is 11.4. The molecule has 1 aliphatic heterocycles. The van der Waals surface area contributed by atoms with Crippen LogP contribution in [0, 0.1) is 12.8 Å². The van der Waals surface area contributed by atoms with E-state index in [0.717, 1.165) is 11.8 Å². The van der Waals surface area contributed by atoms with Gasteiger partial charge in [0.15, 0.2) is 0 Å².